The lowest BCUT2D eigenvalue weighted by atomic mass is 10.3. The third-order valence-electron chi connectivity index (χ3n) is 2.34. The topological polar surface area (TPSA) is 59.7 Å². The molecule has 0 bridgehead atoms. The molecule has 2 rings (SSSR count). The quantitative estimate of drug-likeness (QED) is 0.906. The molecule has 2 aromatic rings. The molecule has 1 N–H and O–H groups in total. The number of aryl methyl sites for hydroxylation is 1. The third-order valence-corrected chi connectivity index (χ3v) is 2.34. The first-order valence-electron chi connectivity index (χ1n) is 5.27. The molecule has 1 aromatic carbocycles. The van der Waals surface area contributed by atoms with Crippen LogP contribution in [-0.4, -0.2) is 11.1 Å². The summed E-state index contributed by atoms with van der Waals surface area (Å²) in [7, 11) is 0. The van der Waals surface area contributed by atoms with Gasteiger partial charge in [-0.25, -0.2) is 9.18 Å². The number of carboxylic acids is 1. The van der Waals surface area contributed by atoms with Crippen molar-refractivity contribution in [3.8, 4) is 5.75 Å². The van der Waals surface area contributed by atoms with Gasteiger partial charge in [0.15, 0.2) is 0 Å². The molecule has 4 nitrogen and oxygen atoms in total. The van der Waals surface area contributed by atoms with Crippen molar-refractivity contribution in [2.24, 2.45) is 0 Å². The second kappa shape index (κ2) is 4.91. The van der Waals surface area contributed by atoms with Gasteiger partial charge in [0.05, 0.1) is 0 Å². The Morgan fingerprint density at radius 2 is 2.22 bits per heavy atom. The molecule has 0 spiro atoms. The van der Waals surface area contributed by atoms with Crippen molar-refractivity contribution < 1.29 is 23.4 Å². The van der Waals surface area contributed by atoms with E-state index in [0.29, 0.717) is 17.1 Å². The number of ether oxygens (including phenoxy) is 1. The van der Waals surface area contributed by atoms with Crippen LogP contribution in [0.15, 0.2) is 34.7 Å². The highest BCUT2D eigenvalue weighted by Gasteiger charge is 2.14. The summed E-state index contributed by atoms with van der Waals surface area (Å²) in [5, 5.41) is 8.82. The highest BCUT2D eigenvalue weighted by Crippen LogP contribution is 2.18. The summed E-state index contributed by atoms with van der Waals surface area (Å²) in [5.41, 5.74) is 0.528. The van der Waals surface area contributed by atoms with E-state index in [1.54, 1.807) is 19.1 Å². The molecule has 5 heteroatoms. The van der Waals surface area contributed by atoms with Crippen molar-refractivity contribution in [2.45, 2.75) is 13.5 Å². The van der Waals surface area contributed by atoms with Gasteiger partial charge in [0.1, 0.15) is 23.9 Å². The van der Waals surface area contributed by atoms with E-state index in [1.807, 2.05) is 0 Å². The van der Waals surface area contributed by atoms with E-state index in [4.69, 9.17) is 14.3 Å². The Morgan fingerprint density at radius 1 is 1.44 bits per heavy atom. The van der Waals surface area contributed by atoms with Gasteiger partial charge >= 0.3 is 5.97 Å². The average molecular weight is 250 g/mol. The van der Waals surface area contributed by atoms with E-state index in [0.717, 1.165) is 0 Å². The Hall–Kier alpha value is -2.30. The summed E-state index contributed by atoms with van der Waals surface area (Å²) < 4.78 is 23.3. The van der Waals surface area contributed by atoms with Crippen molar-refractivity contribution in [3.05, 3.63) is 53.2 Å². The molecular formula is C13H11FO4. The second-order valence-electron chi connectivity index (χ2n) is 3.78. The zero-order chi connectivity index (χ0) is 13.1. The minimum atomic E-state index is -1.12. The lowest BCUT2D eigenvalue weighted by Crippen LogP contribution is -1.96. The van der Waals surface area contributed by atoms with Gasteiger partial charge in [0, 0.05) is 11.6 Å². The van der Waals surface area contributed by atoms with E-state index >= 15 is 0 Å². The van der Waals surface area contributed by atoms with Gasteiger partial charge < -0.3 is 14.3 Å². The maximum absolute atomic E-state index is 12.9. The summed E-state index contributed by atoms with van der Waals surface area (Å²) in [5.74, 6) is -0.873. The van der Waals surface area contributed by atoms with E-state index in [9.17, 15) is 9.18 Å². The van der Waals surface area contributed by atoms with Gasteiger partial charge in [-0.05, 0) is 25.1 Å². The van der Waals surface area contributed by atoms with Crippen molar-refractivity contribution in [3.63, 3.8) is 0 Å². The fourth-order valence-electron chi connectivity index (χ4n) is 1.54. The number of hydrogen-bond donors (Lipinski definition) is 1. The van der Waals surface area contributed by atoms with E-state index in [2.05, 4.69) is 0 Å². The lowest BCUT2D eigenvalue weighted by molar-refractivity contribution is 0.0657. The third kappa shape index (κ3) is 2.68. The number of furan rings is 1. The maximum Gasteiger partial charge on any atom is 0.372 e. The predicted molar refractivity (Wildman–Crippen MR) is 61.1 cm³/mol. The number of benzene rings is 1. The standard InChI is InChI=1S/C13H11FO4/c1-8-5-11(18-12(8)13(15)16)7-17-10-4-2-3-9(14)6-10/h2-6H,7H2,1H3,(H,15,16). The number of hydrogen-bond acceptors (Lipinski definition) is 3. The fourth-order valence-corrected chi connectivity index (χ4v) is 1.54. The summed E-state index contributed by atoms with van der Waals surface area (Å²) >= 11 is 0. The molecule has 1 aromatic heterocycles. The van der Waals surface area contributed by atoms with Crippen molar-refractivity contribution in [1.82, 2.24) is 0 Å². The summed E-state index contributed by atoms with van der Waals surface area (Å²) in [4.78, 5) is 10.8. The molecule has 0 unspecified atom stereocenters. The first-order chi connectivity index (χ1) is 8.56. The minimum absolute atomic E-state index is 0.0531. The number of halogens is 1. The largest absolute Gasteiger partial charge is 0.486 e. The number of aromatic carboxylic acids is 1. The van der Waals surface area contributed by atoms with Crippen LogP contribution in [0.2, 0.25) is 0 Å². The zero-order valence-corrected chi connectivity index (χ0v) is 9.64. The number of carboxylic acid groups (broad SMARTS) is 1. The Kier molecular flexibility index (Phi) is 3.32. The Labute approximate surface area is 103 Å². The SMILES string of the molecule is Cc1cc(COc2cccc(F)c2)oc1C(=O)O. The molecule has 94 valence electrons. The van der Waals surface area contributed by atoms with Crippen LogP contribution in [0.5, 0.6) is 5.75 Å². The highest BCUT2D eigenvalue weighted by atomic mass is 19.1. The molecule has 18 heavy (non-hydrogen) atoms. The van der Waals surface area contributed by atoms with Crippen molar-refractivity contribution in [2.75, 3.05) is 0 Å². The maximum atomic E-state index is 12.9. The van der Waals surface area contributed by atoms with Crippen LogP contribution in [0.4, 0.5) is 4.39 Å². The lowest BCUT2D eigenvalue weighted by Gasteiger charge is -2.03. The molecule has 0 fully saturated rings. The van der Waals surface area contributed by atoms with Gasteiger partial charge in [-0.15, -0.1) is 0 Å². The van der Waals surface area contributed by atoms with Crippen LogP contribution in [0, 0.1) is 12.7 Å². The number of rotatable bonds is 4. The summed E-state index contributed by atoms with van der Waals surface area (Å²) in [6.45, 7) is 1.69. The van der Waals surface area contributed by atoms with Crippen molar-refractivity contribution in [1.29, 1.82) is 0 Å². The molecule has 1 heterocycles. The smallest absolute Gasteiger partial charge is 0.372 e. The van der Waals surface area contributed by atoms with Crippen LogP contribution in [0.1, 0.15) is 21.9 Å². The molecule has 0 amide bonds. The van der Waals surface area contributed by atoms with Crippen LogP contribution in [0.3, 0.4) is 0 Å². The van der Waals surface area contributed by atoms with Crippen LogP contribution >= 0.6 is 0 Å². The molecule has 0 radical (unpaired) electrons. The van der Waals surface area contributed by atoms with Crippen LogP contribution in [0.25, 0.3) is 0 Å². The van der Waals surface area contributed by atoms with Crippen LogP contribution < -0.4 is 4.74 Å². The van der Waals surface area contributed by atoms with E-state index < -0.39 is 11.8 Å². The van der Waals surface area contributed by atoms with Crippen molar-refractivity contribution >= 4 is 5.97 Å². The molecule has 0 atom stereocenters. The first-order valence-corrected chi connectivity index (χ1v) is 5.27. The zero-order valence-electron chi connectivity index (χ0n) is 9.64. The van der Waals surface area contributed by atoms with Gasteiger partial charge in [-0.1, -0.05) is 6.07 Å². The molecule has 0 saturated heterocycles. The van der Waals surface area contributed by atoms with Crippen LogP contribution in [-0.2, 0) is 6.61 Å². The Balaban J connectivity index is 2.06. The van der Waals surface area contributed by atoms with Gasteiger partial charge in [0.2, 0.25) is 5.76 Å². The molecule has 0 aliphatic carbocycles. The molecule has 0 aliphatic rings. The molecule has 0 saturated carbocycles. The molecule has 0 aliphatic heterocycles. The minimum Gasteiger partial charge on any atom is -0.486 e. The molecular weight excluding hydrogens is 239 g/mol. The van der Waals surface area contributed by atoms with E-state index in [-0.39, 0.29) is 12.4 Å². The summed E-state index contributed by atoms with van der Waals surface area (Å²) in [6.07, 6.45) is 0. The first kappa shape index (κ1) is 12.2. The Bertz CT molecular complexity index is 574. The van der Waals surface area contributed by atoms with Gasteiger partial charge in [-0.3, -0.25) is 0 Å². The normalized spacial score (nSPS) is 10.3. The number of carbonyl (C=O) groups is 1. The van der Waals surface area contributed by atoms with E-state index in [1.165, 1.54) is 18.2 Å². The Morgan fingerprint density at radius 3 is 2.83 bits per heavy atom. The average Bonchev–Trinajstić information content (AvgIpc) is 2.68. The highest BCUT2D eigenvalue weighted by molar-refractivity contribution is 5.86. The second-order valence-corrected chi connectivity index (χ2v) is 3.78. The predicted octanol–water partition coefficient (Wildman–Crippen LogP) is 3.00. The fraction of sp³-hybridized carbons (Fsp3) is 0.154. The monoisotopic (exact) mass is 250 g/mol. The van der Waals surface area contributed by atoms with Gasteiger partial charge in [-0.2, -0.15) is 0 Å². The van der Waals surface area contributed by atoms with Gasteiger partial charge in [0.25, 0.3) is 0 Å². The summed E-state index contributed by atoms with van der Waals surface area (Å²) in [6, 6.07) is 7.28.